The van der Waals surface area contributed by atoms with Gasteiger partial charge < -0.3 is 9.94 Å². The van der Waals surface area contributed by atoms with Crippen LogP contribution in [0.2, 0.25) is 0 Å². The van der Waals surface area contributed by atoms with Crippen LogP contribution >= 0.6 is 0 Å². The Bertz CT molecular complexity index is 404. The van der Waals surface area contributed by atoms with Crippen LogP contribution in [0.15, 0.2) is 29.4 Å². The van der Waals surface area contributed by atoms with Crippen molar-refractivity contribution < 1.29 is 19.1 Å². The molecule has 0 aliphatic heterocycles. The number of carboxylic acid groups (broad SMARTS) is 1. The zero-order valence-corrected chi connectivity index (χ0v) is 8.81. The lowest BCUT2D eigenvalue weighted by Crippen LogP contribution is -2.07. The van der Waals surface area contributed by atoms with Crippen molar-refractivity contribution in [1.29, 1.82) is 0 Å². The number of nitrogens with zero attached hydrogens (tertiary/aromatic N) is 1. The number of benzene rings is 1. The van der Waals surface area contributed by atoms with E-state index in [9.17, 15) is 9.18 Å². The van der Waals surface area contributed by atoms with Gasteiger partial charge >= 0.3 is 5.97 Å². The van der Waals surface area contributed by atoms with Gasteiger partial charge in [0.1, 0.15) is 5.82 Å². The van der Waals surface area contributed by atoms with Crippen LogP contribution in [0.1, 0.15) is 18.9 Å². The second kappa shape index (κ2) is 5.85. The molecule has 0 aliphatic rings. The Hall–Kier alpha value is -1.91. The van der Waals surface area contributed by atoms with Crippen LogP contribution in [0, 0.1) is 5.82 Å². The van der Waals surface area contributed by atoms with Gasteiger partial charge in [0.15, 0.2) is 0 Å². The molecule has 0 spiro atoms. The average molecular weight is 225 g/mol. The lowest BCUT2D eigenvalue weighted by atomic mass is 10.1. The Morgan fingerprint density at radius 2 is 2.19 bits per heavy atom. The predicted molar refractivity (Wildman–Crippen MR) is 56.8 cm³/mol. The SMILES string of the molecule is CC/C(=N/OCC(=O)O)c1ccccc1F. The number of hydrogen-bond acceptors (Lipinski definition) is 3. The van der Waals surface area contributed by atoms with E-state index in [-0.39, 0.29) is 0 Å². The molecule has 0 amide bonds. The van der Waals surface area contributed by atoms with Crippen molar-refractivity contribution in [3.05, 3.63) is 35.6 Å². The fourth-order valence-electron chi connectivity index (χ4n) is 1.16. The van der Waals surface area contributed by atoms with Crippen molar-refractivity contribution in [2.75, 3.05) is 6.61 Å². The maximum Gasteiger partial charge on any atom is 0.344 e. The van der Waals surface area contributed by atoms with E-state index in [1.54, 1.807) is 25.1 Å². The first-order valence-electron chi connectivity index (χ1n) is 4.80. The smallest absolute Gasteiger partial charge is 0.344 e. The van der Waals surface area contributed by atoms with Gasteiger partial charge in [-0.3, -0.25) is 0 Å². The molecule has 86 valence electrons. The molecule has 0 saturated carbocycles. The van der Waals surface area contributed by atoms with Crippen LogP contribution < -0.4 is 0 Å². The van der Waals surface area contributed by atoms with Crippen LogP contribution in [0.3, 0.4) is 0 Å². The first-order valence-corrected chi connectivity index (χ1v) is 4.80. The second-order valence-corrected chi connectivity index (χ2v) is 3.04. The Morgan fingerprint density at radius 1 is 1.50 bits per heavy atom. The highest BCUT2D eigenvalue weighted by atomic mass is 19.1. The molecule has 0 aromatic heterocycles. The van der Waals surface area contributed by atoms with Gasteiger partial charge in [0, 0.05) is 5.56 Å². The molecule has 0 radical (unpaired) electrons. The molecule has 4 nitrogen and oxygen atoms in total. The largest absolute Gasteiger partial charge is 0.479 e. The zero-order valence-electron chi connectivity index (χ0n) is 8.81. The monoisotopic (exact) mass is 225 g/mol. The fraction of sp³-hybridized carbons (Fsp3) is 0.273. The van der Waals surface area contributed by atoms with Crippen LogP contribution in [-0.2, 0) is 9.63 Å². The summed E-state index contributed by atoms with van der Waals surface area (Å²) in [4.78, 5) is 14.8. The van der Waals surface area contributed by atoms with Crippen LogP contribution in [0.4, 0.5) is 4.39 Å². The molecule has 16 heavy (non-hydrogen) atoms. The molecule has 0 aliphatic carbocycles. The summed E-state index contributed by atoms with van der Waals surface area (Å²) in [6.07, 6.45) is 0.459. The van der Waals surface area contributed by atoms with E-state index in [0.29, 0.717) is 17.7 Å². The molecule has 0 unspecified atom stereocenters. The maximum atomic E-state index is 13.4. The Kier molecular flexibility index (Phi) is 4.44. The molecule has 0 saturated heterocycles. The van der Waals surface area contributed by atoms with Gasteiger partial charge in [0.25, 0.3) is 0 Å². The topological polar surface area (TPSA) is 58.9 Å². The standard InChI is InChI=1S/C11H12FNO3/c1-2-10(13-16-7-11(14)15)8-5-3-4-6-9(8)12/h3-6H,2,7H2,1H3,(H,14,15)/b13-10-. The molecule has 0 atom stereocenters. The highest BCUT2D eigenvalue weighted by Crippen LogP contribution is 2.10. The molecule has 1 aromatic carbocycles. The van der Waals surface area contributed by atoms with Gasteiger partial charge in [-0.15, -0.1) is 0 Å². The van der Waals surface area contributed by atoms with Crippen molar-refractivity contribution >= 4 is 11.7 Å². The lowest BCUT2D eigenvalue weighted by molar-refractivity contribution is -0.142. The van der Waals surface area contributed by atoms with Crippen LogP contribution in [-0.4, -0.2) is 23.4 Å². The van der Waals surface area contributed by atoms with E-state index in [1.165, 1.54) is 6.07 Å². The number of hydrogen-bond donors (Lipinski definition) is 1. The highest BCUT2D eigenvalue weighted by Gasteiger charge is 2.07. The second-order valence-electron chi connectivity index (χ2n) is 3.04. The molecule has 5 heteroatoms. The first kappa shape index (κ1) is 12.2. The normalized spacial score (nSPS) is 11.2. The summed E-state index contributed by atoms with van der Waals surface area (Å²) in [6.45, 7) is 1.26. The molecule has 0 heterocycles. The van der Waals surface area contributed by atoms with E-state index in [4.69, 9.17) is 5.11 Å². The first-order chi connectivity index (χ1) is 7.65. The van der Waals surface area contributed by atoms with E-state index < -0.39 is 18.4 Å². The molecule has 1 N–H and O–H groups in total. The predicted octanol–water partition coefficient (Wildman–Crippen LogP) is 2.04. The van der Waals surface area contributed by atoms with E-state index >= 15 is 0 Å². The van der Waals surface area contributed by atoms with E-state index in [0.717, 1.165) is 0 Å². The summed E-state index contributed by atoms with van der Waals surface area (Å²) < 4.78 is 13.4. The Balaban J connectivity index is 2.82. The van der Waals surface area contributed by atoms with Gasteiger partial charge in [-0.25, -0.2) is 9.18 Å². The third-order valence-electron chi connectivity index (χ3n) is 1.88. The van der Waals surface area contributed by atoms with Crippen molar-refractivity contribution in [3.8, 4) is 0 Å². The van der Waals surface area contributed by atoms with Crippen molar-refractivity contribution in [1.82, 2.24) is 0 Å². The van der Waals surface area contributed by atoms with Crippen LogP contribution in [0.25, 0.3) is 0 Å². The summed E-state index contributed by atoms with van der Waals surface area (Å²) in [5.41, 5.74) is 0.717. The van der Waals surface area contributed by atoms with Gasteiger partial charge in [0.05, 0.1) is 5.71 Å². The number of aliphatic carboxylic acids is 1. The van der Waals surface area contributed by atoms with Gasteiger partial charge in [-0.05, 0) is 12.5 Å². The molecular formula is C11H12FNO3. The minimum Gasteiger partial charge on any atom is -0.479 e. The summed E-state index contributed by atoms with van der Waals surface area (Å²) in [5.74, 6) is -1.52. The summed E-state index contributed by atoms with van der Waals surface area (Å²) in [7, 11) is 0. The number of rotatable bonds is 5. The van der Waals surface area contributed by atoms with Gasteiger partial charge in [-0.1, -0.05) is 30.3 Å². The quantitative estimate of drug-likeness (QED) is 0.616. The zero-order chi connectivity index (χ0) is 12.0. The summed E-state index contributed by atoms with van der Waals surface area (Å²) in [6, 6.07) is 6.14. The molecule has 1 rings (SSSR count). The lowest BCUT2D eigenvalue weighted by Gasteiger charge is -2.04. The van der Waals surface area contributed by atoms with Crippen molar-refractivity contribution in [2.24, 2.45) is 5.16 Å². The Labute approximate surface area is 92.3 Å². The molecule has 0 bridgehead atoms. The van der Waals surface area contributed by atoms with Crippen LogP contribution in [0.5, 0.6) is 0 Å². The summed E-state index contributed by atoms with van der Waals surface area (Å²) in [5, 5.41) is 12.0. The minimum absolute atomic E-state index is 0.329. The van der Waals surface area contributed by atoms with Crippen molar-refractivity contribution in [2.45, 2.75) is 13.3 Å². The van der Waals surface area contributed by atoms with Gasteiger partial charge in [0.2, 0.25) is 6.61 Å². The highest BCUT2D eigenvalue weighted by molar-refractivity contribution is 6.00. The molecule has 1 aromatic rings. The van der Waals surface area contributed by atoms with Gasteiger partial charge in [-0.2, -0.15) is 0 Å². The minimum atomic E-state index is -1.12. The van der Waals surface area contributed by atoms with E-state index in [1.807, 2.05) is 0 Å². The average Bonchev–Trinajstić information content (AvgIpc) is 2.25. The summed E-state index contributed by atoms with van der Waals surface area (Å²) >= 11 is 0. The fourth-order valence-corrected chi connectivity index (χ4v) is 1.16. The third kappa shape index (κ3) is 3.34. The Morgan fingerprint density at radius 3 is 2.75 bits per heavy atom. The molecular weight excluding hydrogens is 213 g/mol. The van der Waals surface area contributed by atoms with E-state index in [2.05, 4.69) is 9.99 Å². The maximum absolute atomic E-state index is 13.4. The number of carboxylic acids is 1. The third-order valence-corrected chi connectivity index (χ3v) is 1.88. The number of oxime groups is 1. The number of carbonyl (C=O) groups is 1. The molecule has 0 fully saturated rings. The van der Waals surface area contributed by atoms with Crippen molar-refractivity contribution in [3.63, 3.8) is 0 Å². The number of halogens is 1.